The highest BCUT2D eigenvalue weighted by molar-refractivity contribution is 5.80. The molecule has 0 bridgehead atoms. The van der Waals surface area contributed by atoms with E-state index < -0.39 is 0 Å². The fraction of sp³-hybridized carbons (Fsp3) is 0.650. The maximum Gasteiger partial charge on any atom is 0.227 e. The third kappa shape index (κ3) is 2.91. The molecule has 23 heavy (non-hydrogen) atoms. The summed E-state index contributed by atoms with van der Waals surface area (Å²) in [7, 11) is 0. The molecule has 0 N–H and O–H groups in total. The number of carbonyl (C=O) groups excluding carboxylic acids is 1. The summed E-state index contributed by atoms with van der Waals surface area (Å²) < 4.78 is 0. The molecule has 3 heterocycles. The average Bonchev–Trinajstić information content (AvgIpc) is 3.08. The number of carbonyl (C=O) groups is 1. The summed E-state index contributed by atoms with van der Waals surface area (Å²) in [5, 5.41) is 0. The molecule has 124 valence electrons. The van der Waals surface area contributed by atoms with Gasteiger partial charge in [-0.2, -0.15) is 0 Å². The van der Waals surface area contributed by atoms with Gasteiger partial charge in [-0.1, -0.05) is 43.2 Å². The maximum absolute atomic E-state index is 13.2. The predicted octanol–water partition coefficient (Wildman–Crippen LogP) is 3.61. The fourth-order valence-electron chi connectivity index (χ4n) is 4.96. The molecule has 0 aliphatic carbocycles. The van der Waals surface area contributed by atoms with Crippen molar-refractivity contribution in [3.63, 3.8) is 0 Å². The number of hydrogen-bond acceptors (Lipinski definition) is 2. The van der Waals surface area contributed by atoms with E-state index in [9.17, 15) is 4.79 Å². The lowest BCUT2D eigenvalue weighted by Gasteiger charge is -2.27. The lowest BCUT2D eigenvalue weighted by molar-refractivity contribution is -0.136. The van der Waals surface area contributed by atoms with Crippen molar-refractivity contribution < 1.29 is 4.79 Å². The number of benzene rings is 1. The molecule has 3 nitrogen and oxygen atoms in total. The Bertz CT molecular complexity index is 536. The number of fused-ring (bicyclic) bond motifs is 1. The van der Waals surface area contributed by atoms with Gasteiger partial charge < -0.3 is 4.90 Å². The van der Waals surface area contributed by atoms with Crippen molar-refractivity contribution in [1.82, 2.24) is 9.80 Å². The zero-order valence-electron chi connectivity index (χ0n) is 14.0. The largest absolute Gasteiger partial charge is 0.342 e. The highest BCUT2D eigenvalue weighted by Gasteiger charge is 2.48. The Morgan fingerprint density at radius 2 is 1.65 bits per heavy atom. The molecule has 3 saturated heterocycles. The van der Waals surface area contributed by atoms with Crippen LogP contribution in [-0.4, -0.2) is 41.4 Å². The van der Waals surface area contributed by atoms with Gasteiger partial charge in [-0.3, -0.25) is 9.69 Å². The van der Waals surface area contributed by atoms with Crippen LogP contribution >= 0.6 is 0 Å². The zero-order chi connectivity index (χ0) is 15.6. The quantitative estimate of drug-likeness (QED) is 0.833. The van der Waals surface area contributed by atoms with Crippen LogP contribution in [0.4, 0.5) is 0 Å². The number of rotatable bonds is 2. The maximum atomic E-state index is 13.2. The number of likely N-dealkylation sites (tertiary alicyclic amines) is 1. The van der Waals surface area contributed by atoms with Crippen molar-refractivity contribution in [2.75, 3.05) is 19.6 Å². The van der Waals surface area contributed by atoms with Gasteiger partial charge in [0.1, 0.15) is 0 Å². The van der Waals surface area contributed by atoms with Crippen LogP contribution in [0.3, 0.4) is 0 Å². The zero-order valence-corrected chi connectivity index (χ0v) is 14.0. The predicted molar refractivity (Wildman–Crippen MR) is 92.1 cm³/mol. The van der Waals surface area contributed by atoms with Gasteiger partial charge in [0.15, 0.2) is 0 Å². The summed E-state index contributed by atoms with van der Waals surface area (Å²) in [4.78, 5) is 18.0. The Morgan fingerprint density at radius 1 is 0.913 bits per heavy atom. The number of nitrogens with zero attached hydrogens (tertiary/aromatic N) is 2. The smallest absolute Gasteiger partial charge is 0.227 e. The Labute approximate surface area is 139 Å². The van der Waals surface area contributed by atoms with Crippen LogP contribution in [0.15, 0.2) is 30.3 Å². The second-order valence-corrected chi connectivity index (χ2v) is 7.46. The van der Waals surface area contributed by atoms with Crippen LogP contribution < -0.4 is 0 Å². The molecule has 1 amide bonds. The minimum absolute atomic E-state index is 0.223. The molecular weight excluding hydrogens is 284 g/mol. The van der Waals surface area contributed by atoms with Gasteiger partial charge in [0, 0.05) is 25.2 Å². The van der Waals surface area contributed by atoms with E-state index in [2.05, 4.69) is 40.1 Å². The summed E-state index contributed by atoms with van der Waals surface area (Å²) in [5.41, 5.74) is 1.39. The Hall–Kier alpha value is -1.35. The van der Waals surface area contributed by atoms with Gasteiger partial charge in [0.2, 0.25) is 5.91 Å². The topological polar surface area (TPSA) is 23.6 Å². The molecule has 0 unspecified atom stereocenters. The molecule has 0 radical (unpaired) electrons. The van der Waals surface area contributed by atoms with E-state index in [0.717, 1.165) is 26.1 Å². The molecule has 4 rings (SSSR count). The van der Waals surface area contributed by atoms with E-state index in [-0.39, 0.29) is 5.92 Å². The van der Waals surface area contributed by atoms with Crippen molar-refractivity contribution in [3.05, 3.63) is 35.9 Å². The molecule has 1 aromatic rings. The Morgan fingerprint density at radius 3 is 2.39 bits per heavy atom. The van der Waals surface area contributed by atoms with Gasteiger partial charge in [0.05, 0.1) is 5.92 Å². The number of amides is 1. The minimum atomic E-state index is 0.223. The van der Waals surface area contributed by atoms with Gasteiger partial charge in [-0.15, -0.1) is 0 Å². The third-order valence-corrected chi connectivity index (χ3v) is 6.10. The monoisotopic (exact) mass is 312 g/mol. The summed E-state index contributed by atoms with van der Waals surface area (Å²) in [6, 6.07) is 11.7. The average molecular weight is 312 g/mol. The minimum Gasteiger partial charge on any atom is -0.342 e. The SMILES string of the molecule is O=C([C@@H]1C[C@H](c2ccccc2)N2CCC[C@@H]12)N1CCCCCC1. The van der Waals surface area contributed by atoms with Crippen LogP contribution in [-0.2, 0) is 4.79 Å². The van der Waals surface area contributed by atoms with Gasteiger partial charge in [0.25, 0.3) is 0 Å². The first-order valence-corrected chi connectivity index (χ1v) is 9.44. The molecule has 0 aromatic heterocycles. The number of hydrogen-bond donors (Lipinski definition) is 0. The normalized spacial score (nSPS) is 31.8. The first-order chi connectivity index (χ1) is 11.3. The van der Waals surface area contributed by atoms with Crippen molar-refractivity contribution >= 4 is 5.91 Å². The summed E-state index contributed by atoms with van der Waals surface area (Å²) in [6.07, 6.45) is 8.42. The van der Waals surface area contributed by atoms with Crippen LogP contribution in [0.2, 0.25) is 0 Å². The lowest BCUT2D eigenvalue weighted by Crippen LogP contribution is -2.41. The summed E-state index contributed by atoms with van der Waals surface area (Å²) in [6.45, 7) is 3.13. The fourth-order valence-corrected chi connectivity index (χ4v) is 4.96. The second-order valence-electron chi connectivity index (χ2n) is 7.46. The molecule has 3 aliphatic rings. The van der Waals surface area contributed by atoms with Gasteiger partial charge >= 0.3 is 0 Å². The standard InChI is InChI=1S/C20H28N2O/c23-20(21-12-6-1-2-7-13-21)17-15-19(16-9-4-3-5-10-16)22-14-8-11-18(17)22/h3-5,9-10,17-19H,1-2,6-8,11-15H2/t17-,18+,19-/m1/s1. The molecule has 3 fully saturated rings. The highest BCUT2D eigenvalue weighted by Crippen LogP contribution is 2.45. The molecule has 3 aliphatic heterocycles. The van der Waals surface area contributed by atoms with Crippen molar-refractivity contribution in [2.45, 2.75) is 57.0 Å². The van der Waals surface area contributed by atoms with E-state index in [1.807, 2.05) is 0 Å². The molecule has 3 heteroatoms. The second kappa shape index (κ2) is 6.64. The molecule has 0 spiro atoms. The third-order valence-electron chi connectivity index (χ3n) is 6.10. The van der Waals surface area contributed by atoms with E-state index in [1.54, 1.807) is 0 Å². The van der Waals surface area contributed by atoms with E-state index in [1.165, 1.54) is 44.1 Å². The molecular formula is C20H28N2O. The summed E-state index contributed by atoms with van der Waals surface area (Å²) in [5.74, 6) is 0.669. The van der Waals surface area contributed by atoms with Crippen LogP contribution in [0.5, 0.6) is 0 Å². The van der Waals surface area contributed by atoms with Crippen LogP contribution in [0, 0.1) is 5.92 Å². The molecule has 3 atom stereocenters. The summed E-state index contributed by atoms with van der Waals surface area (Å²) >= 11 is 0. The first kappa shape index (κ1) is 15.2. The van der Waals surface area contributed by atoms with Gasteiger partial charge in [-0.05, 0) is 44.2 Å². The van der Waals surface area contributed by atoms with Gasteiger partial charge in [-0.25, -0.2) is 0 Å². The molecule has 1 aromatic carbocycles. The Balaban J connectivity index is 1.53. The Kier molecular flexibility index (Phi) is 4.39. The van der Waals surface area contributed by atoms with E-state index in [0.29, 0.717) is 18.0 Å². The lowest BCUT2D eigenvalue weighted by atomic mass is 9.93. The van der Waals surface area contributed by atoms with Crippen molar-refractivity contribution in [1.29, 1.82) is 0 Å². The van der Waals surface area contributed by atoms with Crippen molar-refractivity contribution in [3.8, 4) is 0 Å². The van der Waals surface area contributed by atoms with E-state index >= 15 is 0 Å². The molecule has 0 saturated carbocycles. The van der Waals surface area contributed by atoms with Crippen LogP contribution in [0.1, 0.15) is 56.6 Å². The van der Waals surface area contributed by atoms with E-state index in [4.69, 9.17) is 0 Å². The van der Waals surface area contributed by atoms with Crippen LogP contribution in [0.25, 0.3) is 0 Å². The first-order valence-electron chi connectivity index (χ1n) is 9.44. The highest BCUT2D eigenvalue weighted by atomic mass is 16.2. The van der Waals surface area contributed by atoms with Crippen molar-refractivity contribution in [2.24, 2.45) is 5.92 Å².